The van der Waals surface area contributed by atoms with E-state index in [-0.39, 0.29) is 11.7 Å². The van der Waals surface area contributed by atoms with Gasteiger partial charge in [-0.3, -0.25) is 0 Å². The van der Waals surface area contributed by atoms with Crippen LogP contribution in [0.5, 0.6) is 0 Å². The number of sulfone groups is 1. The first-order chi connectivity index (χ1) is 9.67. The van der Waals surface area contributed by atoms with Crippen LogP contribution in [0.2, 0.25) is 0 Å². The van der Waals surface area contributed by atoms with Gasteiger partial charge in [0.1, 0.15) is 0 Å². The predicted molar refractivity (Wildman–Crippen MR) is 93.6 cm³/mol. The van der Waals surface area contributed by atoms with E-state index in [2.05, 4.69) is 40.3 Å². The molecule has 0 aliphatic heterocycles. The molecule has 1 unspecified atom stereocenters. The van der Waals surface area contributed by atoms with Crippen LogP contribution in [0, 0.1) is 0 Å². The normalized spacial score (nSPS) is 14.1. The van der Waals surface area contributed by atoms with E-state index in [1.54, 1.807) is 20.8 Å². The maximum Gasteiger partial charge on any atom is 0.155 e. The van der Waals surface area contributed by atoms with Gasteiger partial charge >= 0.3 is 0 Å². The van der Waals surface area contributed by atoms with Crippen LogP contribution < -0.4 is 5.32 Å². The van der Waals surface area contributed by atoms with E-state index in [1.807, 2.05) is 12.1 Å². The Labute approximate surface area is 137 Å². The lowest BCUT2D eigenvalue weighted by molar-refractivity contribution is 0.541. The van der Waals surface area contributed by atoms with Crippen molar-refractivity contribution in [2.24, 2.45) is 0 Å². The van der Waals surface area contributed by atoms with Crippen molar-refractivity contribution in [3.63, 3.8) is 0 Å². The van der Waals surface area contributed by atoms with Crippen molar-refractivity contribution in [3.8, 4) is 0 Å². The summed E-state index contributed by atoms with van der Waals surface area (Å²) < 4.78 is 24.9. The maximum absolute atomic E-state index is 12.3. The first-order valence-corrected chi connectivity index (χ1v) is 9.80. The standard InChI is InChI=1S/C16H26BrNO2S/c1-5-18-12-14(13-7-6-8-15(17)11-13)9-10-21(19,20)16(2,3)4/h6-8,11,14,18H,5,9-10,12H2,1-4H3. The van der Waals surface area contributed by atoms with E-state index in [0.29, 0.717) is 6.42 Å². The van der Waals surface area contributed by atoms with E-state index in [0.717, 1.165) is 17.6 Å². The van der Waals surface area contributed by atoms with E-state index in [1.165, 1.54) is 5.56 Å². The SMILES string of the molecule is CCNCC(CCS(=O)(=O)C(C)(C)C)c1cccc(Br)c1. The molecule has 0 aliphatic carbocycles. The minimum atomic E-state index is -3.08. The molecule has 0 amide bonds. The van der Waals surface area contributed by atoms with Crippen LogP contribution in [0.4, 0.5) is 0 Å². The van der Waals surface area contributed by atoms with Crippen LogP contribution in [-0.4, -0.2) is 32.0 Å². The summed E-state index contributed by atoms with van der Waals surface area (Å²) in [4.78, 5) is 0. The summed E-state index contributed by atoms with van der Waals surface area (Å²) in [5.74, 6) is 0.429. The number of likely N-dealkylation sites (N-methyl/N-ethyl adjacent to an activating group) is 1. The zero-order chi connectivity index (χ0) is 16.1. The molecule has 0 saturated heterocycles. The van der Waals surface area contributed by atoms with Crippen molar-refractivity contribution >= 4 is 25.8 Å². The molecule has 5 heteroatoms. The van der Waals surface area contributed by atoms with Crippen molar-refractivity contribution in [1.29, 1.82) is 0 Å². The lowest BCUT2D eigenvalue weighted by atomic mass is 9.96. The highest BCUT2D eigenvalue weighted by Gasteiger charge is 2.29. The molecule has 120 valence electrons. The molecule has 1 aromatic carbocycles. The van der Waals surface area contributed by atoms with Crippen LogP contribution in [-0.2, 0) is 9.84 Å². The number of hydrogen-bond acceptors (Lipinski definition) is 3. The molecule has 1 N–H and O–H groups in total. The molecular weight excluding hydrogens is 350 g/mol. The average Bonchev–Trinajstić information content (AvgIpc) is 2.37. The molecule has 0 fully saturated rings. The Morgan fingerprint density at radius 2 is 1.95 bits per heavy atom. The summed E-state index contributed by atoms with van der Waals surface area (Å²) in [6, 6.07) is 8.12. The summed E-state index contributed by atoms with van der Waals surface area (Å²) in [5, 5.41) is 3.33. The monoisotopic (exact) mass is 375 g/mol. The van der Waals surface area contributed by atoms with E-state index in [9.17, 15) is 8.42 Å². The van der Waals surface area contributed by atoms with Crippen LogP contribution >= 0.6 is 15.9 Å². The summed E-state index contributed by atoms with van der Waals surface area (Å²) >= 11 is 3.48. The molecule has 0 saturated carbocycles. The average molecular weight is 376 g/mol. The molecule has 1 aromatic rings. The molecule has 0 aromatic heterocycles. The first-order valence-electron chi connectivity index (χ1n) is 7.36. The Morgan fingerprint density at radius 3 is 2.48 bits per heavy atom. The predicted octanol–water partition coefficient (Wildman–Crippen LogP) is 3.75. The topological polar surface area (TPSA) is 46.2 Å². The van der Waals surface area contributed by atoms with Crippen LogP contribution in [0.1, 0.15) is 45.6 Å². The zero-order valence-corrected chi connectivity index (χ0v) is 15.7. The minimum absolute atomic E-state index is 0.208. The number of rotatable bonds is 7. The Kier molecular flexibility index (Phi) is 6.88. The van der Waals surface area contributed by atoms with Gasteiger partial charge in [-0.25, -0.2) is 8.42 Å². The molecule has 0 bridgehead atoms. The fourth-order valence-electron chi connectivity index (χ4n) is 2.07. The van der Waals surface area contributed by atoms with Crippen LogP contribution in [0.25, 0.3) is 0 Å². The Morgan fingerprint density at radius 1 is 1.29 bits per heavy atom. The Hall–Kier alpha value is -0.390. The quantitative estimate of drug-likeness (QED) is 0.789. The third kappa shape index (κ3) is 5.72. The van der Waals surface area contributed by atoms with Gasteiger partial charge in [0.25, 0.3) is 0 Å². The van der Waals surface area contributed by atoms with Gasteiger partial charge < -0.3 is 5.32 Å². The molecule has 0 spiro atoms. The molecular formula is C16H26BrNO2S. The van der Waals surface area contributed by atoms with Gasteiger partial charge in [-0.2, -0.15) is 0 Å². The van der Waals surface area contributed by atoms with Crippen molar-refractivity contribution in [2.75, 3.05) is 18.8 Å². The first kappa shape index (κ1) is 18.7. The van der Waals surface area contributed by atoms with Gasteiger partial charge in [-0.1, -0.05) is 35.0 Å². The van der Waals surface area contributed by atoms with Crippen molar-refractivity contribution in [3.05, 3.63) is 34.3 Å². The van der Waals surface area contributed by atoms with Crippen molar-refractivity contribution < 1.29 is 8.42 Å². The lowest BCUT2D eigenvalue weighted by Gasteiger charge is -2.23. The second kappa shape index (κ2) is 7.75. The summed E-state index contributed by atoms with van der Waals surface area (Å²) in [7, 11) is -3.08. The van der Waals surface area contributed by atoms with E-state index >= 15 is 0 Å². The highest BCUT2D eigenvalue weighted by atomic mass is 79.9. The van der Waals surface area contributed by atoms with Gasteiger partial charge in [0.05, 0.1) is 10.5 Å². The van der Waals surface area contributed by atoms with Gasteiger partial charge in [-0.15, -0.1) is 0 Å². The van der Waals surface area contributed by atoms with E-state index in [4.69, 9.17) is 0 Å². The smallest absolute Gasteiger partial charge is 0.155 e. The molecule has 0 heterocycles. The fourth-order valence-corrected chi connectivity index (χ4v) is 3.69. The van der Waals surface area contributed by atoms with Gasteiger partial charge in [-0.05, 0) is 57.4 Å². The highest BCUT2D eigenvalue weighted by Crippen LogP contribution is 2.25. The Balaban J connectivity index is 2.85. The van der Waals surface area contributed by atoms with Gasteiger partial charge in [0.2, 0.25) is 0 Å². The molecule has 1 atom stereocenters. The number of hydrogen-bond donors (Lipinski definition) is 1. The minimum Gasteiger partial charge on any atom is -0.316 e. The van der Waals surface area contributed by atoms with Crippen molar-refractivity contribution in [1.82, 2.24) is 5.32 Å². The van der Waals surface area contributed by atoms with Crippen molar-refractivity contribution in [2.45, 2.75) is 44.8 Å². The van der Waals surface area contributed by atoms with Crippen LogP contribution in [0.15, 0.2) is 28.7 Å². The number of benzene rings is 1. The highest BCUT2D eigenvalue weighted by molar-refractivity contribution is 9.10. The molecule has 21 heavy (non-hydrogen) atoms. The third-order valence-electron chi connectivity index (χ3n) is 3.63. The summed E-state index contributed by atoms with van der Waals surface area (Å²) in [6.07, 6.45) is 0.642. The fraction of sp³-hybridized carbons (Fsp3) is 0.625. The summed E-state index contributed by atoms with van der Waals surface area (Å²) in [6.45, 7) is 9.04. The second-order valence-corrected chi connectivity index (χ2v) is 10.1. The molecule has 1 rings (SSSR count). The van der Waals surface area contributed by atoms with Gasteiger partial charge in [0, 0.05) is 11.0 Å². The summed E-state index contributed by atoms with van der Waals surface area (Å²) in [5.41, 5.74) is 1.18. The maximum atomic E-state index is 12.3. The molecule has 0 aliphatic rings. The van der Waals surface area contributed by atoms with E-state index < -0.39 is 14.6 Å². The van der Waals surface area contributed by atoms with Gasteiger partial charge in [0.15, 0.2) is 9.84 Å². The largest absolute Gasteiger partial charge is 0.316 e. The Bertz CT molecular complexity index is 550. The second-order valence-electron chi connectivity index (χ2n) is 6.28. The number of halogens is 1. The number of nitrogens with one attached hydrogen (secondary N) is 1. The molecule has 3 nitrogen and oxygen atoms in total. The van der Waals surface area contributed by atoms with Crippen LogP contribution in [0.3, 0.4) is 0 Å². The zero-order valence-electron chi connectivity index (χ0n) is 13.3. The lowest BCUT2D eigenvalue weighted by Crippen LogP contribution is -2.32. The third-order valence-corrected chi connectivity index (χ3v) is 6.76. The molecule has 0 radical (unpaired) electrons.